The predicted molar refractivity (Wildman–Crippen MR) is 102 cm³/mol. The Bertz CT molecular complexity index is 913. The van der Waals surface area contributed by atoms with E-state index in [2.05, 4.69) is 0 Å². The van der Waals surface area contributed by atoms with Gasteiger partial charge in [-0.05, 0) is 74.6 Å². The second-order valence-electron chi connectivity index (χ2n) is 7.55. The third-order valence-electron chi connectivity index (χ3n) is 5.74. The zero-order chi connectivity index (χ0) is 19.0. The van der Waals surface area contributed by atoms with Crippen molar-refractivity contribution in [2.45, 2.75) is 49.6 Å². The lowest BCUT2D eigenvalue weighted by atomic mass is 9.93. The summed E-state index contributed by atoms with van der Waals surface area (Å²) in [5.74, 6) is 0.465. The van der Waals surface area contributed by atoms with E-state index in [0.29, 0.717) is 17.3 Å². The van der Waals surface area contributed by atoms with Crippen molar-refractivity contribution >= 4 is 10.0 Å². The highest BCUT2D eigenvalue weighted by Gasteiger charge is 2.48. The lowest BCUT2D eigenvalue weighted by molar-refractivity contribution is 0.124. The second-order valence-corrected chi connectivity index (χ2v) is 9.40. The summed E-state index contributed by atoms with van der Waals surface area (Å²) in [6, 6.07) is 13.1. The Labute approximate surface area is 160 Å². The van der Waals surface area contributed by atoms with Gasteiger partial charge >= 0.3 is 0 Å². The minimum Gasteiger partial charge on any atom is -0.493 e. The van der Waals surface area contributed by atoms with Crippen molar-refractivity contribution in [1.82, 2.24) is 4.31 Å². The number of nitrogens with zero attached hydrogens (tertiary/aromatic N) is 1. The van der Waals surface area contributed by atoms with Gasteiger partial charge in [-0.15, -0.1) is 0 Å². The monoisotopic (exact) mass is 389 g/mol. The molecule has 2 aliphatic heterocycles. The van der Waals surface area contributed by atoms with Gasteiger partial charge in [0.25, 0.3) is 0 Å². The van der Waals surface area contributed by atoms with Gasteiger partial charge in [0.2, 0.25) is 10.0 Å². The van der Waals surface area contributed by atoms with Crippen LogP contribution in [-0.2, 0) is 10.0 Å². The molecule has 4 rings (SSSR count). The fraction of sp³-hybridized carbons (Fsp3) is 0.429. The van der Waals surface area contributed by atoms with Crippen LogP contribution in [0.15, 0.2) is 53.4 Å². The maximum atomic E-state index is 13.3. The summed E-state index contributed by atoms with van der Waals surface area (Å²) < 4.78 is 47.2. The minimum atomic E-state index is -3.51. The highest BCUT2D eigenvalue weighted by molar-refractivity contribution is 7.89. The molecule has 0 aliphatic carbocycles. The van der Waals surface area contributed by atoms with E-state index in [0.717, 1.165) is 31.2 Å². The number of ether oxygens (including phenoxy) is 1. The molecule has 2 unspecified atom stereocenters. The molecule has 6 heteroatoms. The van der Waals surface area contributed by atoms with Crippen LogP contribution in [0.5, 0.6) is 5.75 Å². The van der Waals surface area contributed by atoms with Crippen molar-refractivity contribution in [3.8, 4) is 5.75 Å². The number of piperidine rings is 1. The van der Waals surface area contributed by atoms with Gasteiger partial charge < -0.3 is 4.74 Å². The molecule has 2 fully saturated rings. The molecule has 2 bridgehead atoms. The first kappa shape index (κ1) is 18.4. The van der Waals surface area contributed by atoms with E-state index >= 15 is 0 Å². The number of sulfonamides is 1. The van der Waals surface area contributed by atoms with Crippen LogP contribution >= 0.6 is 0 Å². The van der Waals surface area contributed by atoms with Crippen LogP contribution in [0.2, 0.25) is 0 Å². The van der Waals surface area contributed by atoms with Gasteiger partial charge in [-0.25, -0.2) is 12.8 Å². The molecule has 2 saturated heterocycles. The smallest absolute Gasteiger partial charge is 0.243 e. The molecule has 3 atom stereocenters. The molecule has 2 aliphatic rings. The van der Waals surface area contributed by atoms with E-state index in [4.69, 9.17) is 4.74 Å². The van der Waals surface area contributed by atoms with E-state index in [9.17, 15) is 12.8 Å². The molecule has 0 N–H and O–H groups in total. The predicted octanol–water partition coefficient (Wildman–Crippen LogP) is 4.14. The average Bonchev–Trinajstić information content (AvgIpc) is 2.98. The number of rotatable bonds is 5. The van der Waals surface area contributed by atoms with Gasteiger partial charge in [0.05, 0.1) is 11.5 Å². The molecule has 0 radical (unpaired) electrons. The van der Waals surface area contributed by atoms with Gasteiger partial charge in [-0.3, -0.25) is 0 Å². The van der Waals surface area contributed by atoms with Gasteiger partial charge in [-0.1, -0.05) is 12.1 Å². The molecule has 4 nitrogen and oxygen atoms in total. The molecule has 2 aromatic carbocycles. The van der Waals surface area contributed by atoms with Gasteiger partial charge in [0, 0.05) is 18.0 Å². The van der Waals surface area contributed by atoms with Crippen LogP contribution < -0.4 is 4.74 Å². The Morgan fingerprint density at radius 3 is 2.56 bits per heavy atom. The van der Waals surface area contributed by atoms with E-state index in [1.165, 1.54) is 12.1 Å². The van der Waals surface area contributed by atoms with E-state index in [1.54, 1.807) is 34.6 Å². The van der Waals surface area contributed by atoms with E-state index in [-0.39, 0.29) is 23.8 Å². The molecule has 2 aromatic rings. The molecular formula is C21H24FNO3S. The van der Waals surface area contributed by atoms with E-state index < -0.39 is 10.0 Å². The first-order valence-corrected chi connectivity index (χ1v) is 10.9. The molecule has 0 spiro atoms. The standard InChI is InChI=1S/C21H24FNO3S/c1-15-3-2-4-20(13-15)27(24,25)23-18-8-5-16(21(23)12-9-18)14-26-19-10-6-17(22)7-11-19/h2-4,6-7,10-11,13,16,18,21H,5,8-9,12,14H2,1H3/t16-,18?,21?/m1/s1. The summed E-state index contributed by atoms with van der Waals surface area (Å²) in [6.45, 7) is 2.35. The number of halogens is 1. The molecule has 0 aromatic heterocycles. The Morgan fingerprint density at radius 1 is 1.07 bits per heavy atom. The third kappa shape index (κ3) is 3.60. The van der Waals surface area contributed by atoms with Crippen molar-refractivity contribution in [2.75, 3.05) is 6.61 Å². The molecule has 144 valence electrons. The van der Waals surface area contributed by atoms with Gasteiger partial charge in [0.1, 0.15) is 11.6 Å². The summed E-state index contributed by atoms with van der Waals surface area (Å²) in [7, 11) is -3.51. The summed E-state index contributed by atoms with van der Waals surface area (Å²) in [5, 5.41) is 0. The van der Waals surface area contributed by atoms with Crippen LogP contribution in [0.3, 0.4) is 0 Å². The Kier molecular flexibility index (Phi) is 4.95. The molecular weight excluding hydrogens is 365 g/mol. The number of hydrogen-bond donors (Lipinski definition) is 0. The van der Waals surface area contributed by atoms with Gasteiger partial charge in [0.15, 0.2) is 0 Å². The lowest BCUT2D eigenvalue weighted by Gasteiger charge is -2.38. The SMILES string of the molecule is Cc1cccc(S(=O)(=O)N2C3CCC2[C@@H](COc2ccc(F)cc2)CC3)c1. The topological polar surface area (TPSA) is 46.6 Å². The summed E-state index contributed by atoms with van der Waals surface area (Å²) >= 11 is 0. The summed E-state index contributed by atoms with van der Waals surface area (Å²) in [6.07, 6.45) is 3.59. The van der Waals surface area contributed by atoms with E-state index in [1.807, 2.05) is 13.0 Å². The van der Waals surface area contributed by atoms with Crippen LogP contribution in [0.4, 0.5) is 4.39 Å². The van der Waals surface area contributed by atoms with Crippen molar-refractivity contribution in [3.63, 3.8) is 0 Å². The van der Waals surface area contributed by atoms with Crippen molar-refractivity contribution in [2.24, 2.45) is 5.92 Å². The molecule has 27 heavy (non-hydrogen) atoms. The lowest BCUT2D eigenvalue weighted by Crippen LogP contribution is -2.49. The van der Waals surface area contributed by atoms with Crippen LogP contribution in [0, 0.1) is 18.7 Å². The molecule has 2 heterocycles. The van der Waals surface area contributed by atoms with Crippen molar-refractivity contribution in [3.05, 3.63) is 59.9 Å². The zero-order valence-electron chi connectivity index (χ0n) is 15.3. The number of fused-ring (bicyclic) bond motifs is 2. The van der Waals surface area contributed by atoms with Crippen molar-refractivity contribution in [1.29, 1.82) is 0 Å². The molecule has 0 saturated carbocycles. The highest BCUT2D eigenvalue weighted by atomic mass is 32.2. The number of hydrogen-bond acceptors (Lipinski definition) is 3. The van der Waals surface area contributed by atoms with Gasteiger partial charge in [-0.2, -0.15) is 4.31 Å². The first-order valence-electron chi connectivity index (χ1n) is 9.44. The summed E-state index contributed by atoms with van der Waals surface area (Å²) in [5.41, 5.74) is 0.941. The largest absolute Gasteiger partial charge is 0.493 e. The fourth-order valence-electron chi connectivity index (χ4n) is 4.40. The third-order valence-corrected chi connectivity index (χ3v) is 7.71. The quantitative estimate of drug-likeness (QED) is 0.772. The highest BCUT2D eigenvalue weighted by Crippen LogP contribution is 2.42. The zero-order valence-corrected chi connectivity index (χ0v) is 16.2. The normalized spacial score (nSPS) is 25.5. The second kappa shape index (κ2) is 7.24. The Hall–Kier alpha value is -1.92. The van der Waals surface area contributed by atoms with Crippen LogP contribution in [0.1, 0.15) is 31.2 Å². The maximum Gasteiger partial charge on any atom is 0.243 e. The Balaban J connectivity index is 1.53. The first-order chi connectivity index (χ1) is 12.9. The Morgan fingerprint density at radius 2 is 1.81 bits per heavy atom. The summed E-state index contributed by atoms with van der Waals surface area (Å²) in [4.78, 5) is 0.375. The number of benzene rings is 2. The average molecular weight is 389 g/mol. The van der Waals surface area contributed by atoms with Crippen LogP contribution in [-0.4, -0.2) is 31.4 Å². The van der Waals surface area contributed by atoms with Crippen molar-refractivity contribution < 1.29 is 17.5 Å². The molecule has 0 amide bonds. The van der Waals surface area contributed by atoms with Crippen LogP contribution in [0.25, 0.3) is 0 Å². The number of aryl methyl sites for hydroxylation is 1. The minimum absolute atomic E-state index is 0.0327. The maximum absolute atomic E-state index is 13.3. The fourth-order valence-corrected chi connectivity index (χ4v) is 6.47.